The largest absolute Gasteiger partial charge is 0.457 e. The maximum absolute atomic E-state index is 6.59. The Kier molecular flexibility index (Phi) is 8.40. The van der Waals surface area contributed by atoms with Crippen molar-refractivity contribution in [2.24, 2.45) is 0 Å². The third-order valence-electron chi connectivity index (χ3n) is 13.3. The molecule has 10 aromatic carbocycles. The van der Waals surface area contributed by atoms with E-state index in [0.717, 1.165) is 89.8 Å². The highest BCUT2D eigenvalue weighted by atomic mass is 16.5. The number of hydrogen-bond donors (Lipinski definition) is 0. The van der Waals surface area contributed by atoms with Crippen molar-refractivity contribution in [3.8, 4) is 33.8 Å². The van der Waals surface area contributed by atoms with Crippen molar-refractivity contribution < 1.29 is 9.15 Å². The summed E-state index contributed by atoms with van der Waals surface area (Å²) in [4.78, 5) is 4.66. The van der Waals surface area contributed by atoms with Gasteiger partial charge in [-0.15, -0.1) is 0 Å². The van der Waals surface area contributed by atoms with Gasteiger partial charge in [0.2, 0.25) is 0 Å². The van der Waals surface area contributed by atoms with Crippen LogP contribution in [0.1, 0.15) is 22.3 Å². The molecule has 0 saturated carbocycles. The van der Waals surface area contributed by atoms with Crippen LogP contribution in [0.15, 0.2) is 247 Å². The normalized spacial score (nSPS) is 12.9. The number of nitrogens with zero attached hydrogens (tertiary/aromatic N) is 2. The van der Waals surface area contributed by atoms with Crippen LogP contribution in [0.5, 0.6) is 11.5 Å². The molecule has 1 spiro atoms. The van der Waals surface area contributed by atoms with Gasteiger partial charge in [0.25, 0.3) is 0 Å². The summed E-state index contributed by atoms with van der Waals surface area (Å²) in [7, 11) is 0. The highest BCUT2D eigenvalue weighted by molar-refractivity contribution is 6.06. The molecule has 0 N–H and O–H groups in total. The van der Waals surface area contributed by atoms with Crippen LogP contribution >= 0.6 is 0 Å². The number of rotatable bonds is 7. The third kappa shape index (κ3) is 5.77. The van der Waals surface area contributed by atoms with Crippen LogP contribution in [0.25, 0.3) is 44.2 Å². The fraction of sp³-hybridized carbons (Fsp3) is 0.0164. The van der Waals surface area contributed by atoms with Gasteiger partial charge in [0.15, 0.2) is 0 Å². The SMILES string of the molecule is c1ccc(N(c2ccccc2)c2cccc(N(c3cccc(-c4ccc5c(c4)-c4ccccc4C54c5ccccc5Oc5ccccc54)c3)c3ccc4c(c3)oc3ccccc34)c2)cc1. The summed E-state index contributed by atoms with van der Waals surface area (Å²) in [6.07, 6.45) is 0. The maximum atomic E-state index is 6.59. The Bertz CT molecular complexity index is 3530. The lowest BCUT2D eigenvalue weighted by molar-refractivity contribution is 0.436. The first-order valence-electron chi connectivity index (χ1n) is 22.2. The molecule has 0 bridgehead atoms. The molecule has 1 aromatic heterocycles. The zero-order chi connectivity index (χ0) is 42.9. The summed E-state index contributed by atoms with van der Waals surface area (Å²) in [5.41, 5.74) is 17.1. The van der Waals surface area contributed by atoms with Crippen LogP contribution in [-0.4, -0.2) is 0 Å². The van der Waals surface area contributed by atoms with Gasteiger partial charge in [0.1, 0.15) is 22.7 Å². The predicted molar refractivity (Wildman–Crippen MR) is 266 cm³/mol. The van der Waals surface area contributed by atoms with E-state index in [1.807, 2.05) is 12.1 Å². The first-order chi connectivity index (χ1) is 32.2. The minimum Gasteiger partial charge on any atom is -0.457 e. The highest BCUT2D eigenvalue weighted by Crippen LogP contribution is 2.62. The average Bonchev–Trinajstić information content (AvgIpc) is 3.88. The first kappa shape index (κ1) is 37.0. The molecule has 11 aromatic rings. The van der Waals surface area contributed by atoms with E-state index in [9.17, 15) is 0 Å². The van der Waals surface area contributed by atoms with E-state index >= 15 is 0 Å². The fourth-order valence-corrected chi connectivity index (χ4v) is 10.5. The van der Waals surface area contributed by atoms with Gasteiger partial charge >= 0.3 is 0 Å². The topological polar surface area (TPSA) is 28.9 Å². The molecule has 4 heteroatoms. The summed E-state index contributed by atoms with van der Waals surface area (Å²) in [6, 6.07) is 86.7. The molecule has 0 fully saturated rings. The lowest BCUT2D eigenvalue weighted by atomic mass is 9.66. The Hall–Kier alpha value is -8.60. The molecular formula is C61H40N2O2. The molecule has 2 aliphatic rings. The monoisotopic (exact) mass is 832 g/mol. The van der Waals surface area contributed by atoms with Gasteiger partial charge in [0, 0.05) is 62.1 Å². The van der Waals surface area contributed by atoms with Gasteiger partial charge in [-0.1, -0.05) is 146 Å². The van der Waals surface area contributed by atoms with Crippen molar-refractivity contribution in [2.75, 3.05) is 9.80 Å². The Labute approximate surface area is 377 Å². The third-order valence-corrected chi connectivity index (χ3v) is 13.3. The van der Waals surface area contributed by atoms with Crippen molar-refractivity contribution in [1.82, 2.24) is 0 Å². The van der Waals surface area contributed by atoms with Crippen molar-refractivity contribution in [1.29, 1.82) is 0 Å². The minimum atomic E-state index is -0.512. The quantitative estimate of drug-likeness (QED) is 0.160. The van der Waals surface area contributed by atoms with Crippen molar-refractivity contribution in [3.63, 3.8) is 0 Å². The van der Waals surface area contributed by atoms with Crippen molar-refractivity contribution in [2.45, 2.75) is 5.41 Å². The van der Waals surface area contributed by atoms with Gasteiger partial charge in [-0.05, 0) is 124 Å². The lowest BCUT2D eigenvalue weighted by Gasteiger charge is -2.39. The van der Waals surface area contributed by atoms with E-state index in [1.165, 1.54) is 22.3 Å². The molecule has 1 aliphatic carbocycles. The fourth-order valence-electron chi connectivity index (χ4n) is 10.5. The molecule has 0 unspecified atom stereocenters. The van der Waals surface area contributed by atoms with Crippen LogP contribution in [0, 0.1) is 0 Å². The van der Waals surface area contributed by atoms with Gasteiger partial charge in [-0.25, -0.2) is 0 Å². The zero-order valence-corrected chi connectivity index (χ0v) is 35.3. The molecule has 65 heavy (non-hydrogen) atoms. The maximum Gasteiger partial charge on any atom is 0.137 e. The summed E-state index contributed by atoms with van der Waals surface area (Å²) in [6.45, 7) is 0. The van der Waals surface area contributed by atoms with E-state index in [0.29, 0.717) is 0 Å². The van der Waals surface area contributed by atoms with E-state index in [-0.39, 0.29) is 0 Å². The Morgan fingerprint density at radius 2 is 0.800 bits per heavy atom. The Balaban J connectivity index is 0.978. The zero-order valence-electron chi connectivity index (χ0n) is 35.3. The molecule has 4 nitrogen and oxygen atoms in total. The molecule has 0 amide bonds. The minimum absolute atomic E-state index is 0.512. The van der Waals surface area contributed by atoms with Crippen LogP contribution in [0.2, 0.25) is 0 Å². The first-order valence-corrected chi connectivity index (χ1v) is 22.2. The molecule has 306 valence electrons. The number of benzene rings is 10. The number of furan rings is 1. The van der Waals surface area contributed by atoms with Crippen molar-refractivity contribution in [3.05, 3.63) is 265 Å². The standard InChI is InChI=1S/C61H40N2O2/c1-3-18-43(19-4-1)62(44-20-5-2-6-21-44)46-23-16-24-47(39-46)63(48-34-35-51-50-26-8-12-30-57(50)64-60(51)40-48)45-22-15-17-41(37-45)42-33-36-54-52(38-42)49-25-7-9-27-53(49)61(54)55-28-10-13-31-58(55)65-59-32-14-11-29-56(59)61/h1-40H. The summed E-state index contributed by atoms with van der Waals surface area (Å²) < 4.78 is 13.1. The second kappa shape index (κ2) is 14.8. The summed E-state index contributed by atoms with van der Waals surface area (Å²) in [5, 5.41) is 2.20. The van der Waals surface area contributed by atoms with E-state index in [2.05, 4.69) is 240 Å². The lowest BCUT2D eigenvalue weighted by Crippen LogP contribution is -2.32. The number of ether oxygens (including phenoxy) is 1. The van der Waals surface area contributed by atoms with E-state index < -0.39 is 5.41 Å². The molecule has 0 atom stereocenters. The average molecular weight is 833 g/mol. The Morgan fingerprint density at radius 3 is 1.52 bits per heavy atom. The van der Waals surface area contributed by atoms with E-state index in [1.54, 1.807) is 0 Å². The van der Waals surface area contributed by atoms with Crippen LogP contribution < -0.4 is 14.5 Å². The predicted octanol–water partition coefficient (Wildman–Crippen LogP) is 16.7. The summed E-state index contributed by atoms with van der Waals surface area (Å²) in [5.74, 6) is 1.79. The number of anilines is 6. The van der Waals surface area contributed by atoms with Gasteiger partial charge in [0.05, 0.1) is 5.41 Å². The van der Waals surface area contributed by atoms with E-state index in [4.69, 9.17) is 9.15 Å². The highest BCUT2D eigenvalue weighted by Gasteiger charge is 2.51. The molecule has 13 rings (SSSR count). The molecule has 2 heterocycles. The molecule has 0 saturated heterocycles. The number of fused-ring (bicyclic) bond motifs is 12. The van der Waals surface area contributed by atoms with Crippen LogP contribution in [0.3, 0.4) is 0 Å². The molecule has 1 aliphatic heterocycles. The number of para-hydroxylation sites is 5. The molecular weight excluding hydrogens is 793 g/mol. The van der Waals surface area contributed by atoms with Gasteiger partial charge in [-0.3, -0.25) is 0 Å². The van der Waals surface area contributed by atoms with Crippen LogP contribution in [-0.2, 0) is 5.41 Å². The number of hydrogen-bond acceptors (Lipinski definition) is 4. The summed E-state index contributed by atoms with van der Waals surface area (Å²) >= 11 is 0. The smallest absolute Gasteiger partial charge is 0.137 e. The van der Waals surface area contributed by atoms with Gasteiger partial charge in [-0.2, -0.15) is 0 Å². The second-order valence-corrected chi connectivity index (χ2v) is 16.8. The Morgan fingerprint density at radius 1 is 0.292 bits per heavy atom. The second-order valence-electron chi connectivity index (χ2n) is 16.8. The van der Waals surface area contributed by atoms with Gasteiger partial charge < -0.3 is 19.0 Å². The molecule has 0 radical (unpaired) electrons. The van der Waals surface area contributed by atoms with Crippen molar-refractivity contribution >= 4 is 56.1 Å². The van der Waals surface area contributed by atoms with Crippen LogP contribution in [0.4, 0.5) is 34.1 Å².